The second-order valence-electron chi connectivity index (χ2n) is 6.58. The average Bonchev–Trinajstić information content (AvgIpc) is 2.77. The predicted octanol–water partition coefficient (Wildman–Crippen LogP) is 2.32. The van der Waals surface area contributed by atoms with E-state index in [4.69, 9.17) is 0 Å². The average molecular weight is 252 g/mol. The van der Waals surface area contributed by atoms with Crippen LogP contribution in [-0.4, -0.2) is 25.0 Å². The van der Waals surface area contributed by atoms with Gasteiger partial charge in [-0.15, -0.1) is 0 Å². The Labute approximate surface area is 111 Å². The van der Waals surface area contributed by atoms with E-state index in [2.05, 4.69) is 24.5 Å². The first-order valence-corrected chi connectivity index (χ1v) is 7.63. The summed E-state index contributed by atoms with van der Waals surface area (Å²) in [5, 5.41) is 6.60. The third-order valence-corrected chi connectivity index (χ3v) is 4.49. The molecule has 0 spiro atoms. The summed E-state index contributed by atoms with van der Waals surface area (Å²) in [5.41, 5.74) is 0. The molecule has 3 unspecified atom stereocenters. The quantitative estimate of drug-likeness (QED) is 0.806. The van der Waals surface area contributed by atoms with E-state index in [0.717, 1.165) is 37.3 Å². The van der Waals surface area contributed by atoms with Crippen LogP contribution in [0.5, 0.6) is 0 Å². The lowest BCUT2D eigenvalue weighted by Crippen LogP contribution is -2.40. The molecule has 1 amide bonds. The van der Waals surface area contributed by atoms with E-state index in [1.165, 1.54) is 25.7 Å². The molecule has 1 saturated carbocycles. The number of rotatable bonds is 4. The highest BCUT2D eigenvalue weighted by Crippen LogP contribution is 2.28. The third-order valence-electron chi connectivity index (χ3n) is 4.49. The van der Waals surface area contributed by atoms with Crippen LogP contribution in [0, 0.1) is 17.8 Å². The zero-order chi connectivity index (χ0) is 13.0. The van der Waals surface area contributed by atoms with Gasteiger partial charge >= 0.3 is 0 Å². The van der Waals surface area contributed by atoms with Crippen molar-refractivity contribution in [1.29, 1.82) is 0 Å². The molecule has 2 aliphatic rings. The van der Waals surface area contributed by atoms with Crippen LogP contribution < -0.4 is 10.6 Å². The van der Waals surface area contributed by atoms with Gasteiger partial charge in [0.25, 0.3) is 0 Å². The summed E-state index contributed by atoms with van der Waals surface area (Å²) in [6.07, 6.45) is 6.66. The molecular formula is C15H28N2O. The maximum absolute atomic E-state index is 11.9. The molecule has 1 heterocycles. The predicted molar refractivity (Wildman–Crippen MR) is 74.3 cm³/mol. The maximum Gasteiger partial charge on any atom is 0.220 e. The fraction of sp³-hybridized carbons (Fsp3) is 0.933. The van der Waals surface area contributed by atoms with Crippen LogP contribution in [0.15, 0.2) is 0 Å². The van der Waals surface area contributed by atoms with E-state index in [9.17, 15) is 4.79 Å². The number of hydrogen-bond donors (Lipinski definition) is 2. The smallest absolute Gasteiger partial charge is 0.220 e. The Balaban J connectivity index is 1.66. The molecule has 0 aromatic carbocycles. The van der Waals surface area contributed by atoms with Crippen molar-refractivity contribution in [3.8, 4) is 0 Å². The highest BCUT2D eigenvalue weighted by molar-refractivity contribution is 5.76. The molecule has 0 radical (unpaired) electrons. The molecule has 1 saturated heterocycles. The maximum atomic E-state index is 11.9. The Morgan fingerprint density at radius 2 is 1.94 bits per heavy atom. The molecule has 2 N–H and O–H groups in total. The lowest BCUT2D eigenvalue weighted by atomic mass is 9.80. The van der Waals surface area contributed by atoms with Crippen molar-refractivity contribution in [3.63, 3.8) is 0 Å². The lowest BCUT2D eigenvalue weighted by molar-refractivity contribution is -0.122. The summed E-state index contributed by atoms with van der Waals surface area (Å²) < 4.78 is 0. The Kier molecular flexibility index (Phi) is 5.04. The summed E-state index contributed by atoms with van der Waals surface area (Å²) in [4.78, 5) is 11.9. The second kappa shape index (κ2) is 6.55. The molecule has 0 bridgehead atoms. The van der Waals surface area contributed by atoms with Crippen LogP contribution in [-0.2, 0) is 4.79 Å². The molecule has 3 atom stereocenters. The van der Waals surface area contributed by atoms with Crippen molar-refractivity contribution in [2.24, 2.45) is 17.8 Å². The molecule has 2 rings (SSSR count). The Morgan fingerprint density at radius 3 is 2.56 bits per heavy atom. The number of hydrogen-bond acceptors (Lipinski definition) is 2. The monoisotopic (exact) mass is 252 g/mol. The van der Waals surface area contributed by atoms with Gasteiger partial charge in [0.1, 0.15) is 0 Å². The third kappa shape index (κ3) is 4.27. The van der Waals surface area contributed by atoms with Crippen LogP contribution in [0.25, 0.3) is 0 Å². The molecule has 2 fully saturated rings. The summed E-state index contributed by atoms with van der Waals surface area (Å²) in [7, 11) is 0. The molecule has 1 aliphatic carbocycles. The summed E-state index contributed by atoms with van der Waals surface area (Å²) in [6, 6.07) is 0.429. The minimum absolute atomic E-state index is 0.271. The van der Waals surface area contributed by atoms with Gasteiger partial charge in [-0.05, 0) is 62.9 Å². The van der Waals surface area contributed by atoms with Gasteiger partial charge < -0.3 is 10.6 Å². The van der Waals surface area contributed by atoms with Gasteiger partial charge in [-0.3, -0.25) is 4.79 Å². The SMILES string of the molecule is CC1CC(C)CC(NC(=O)CCC2CCNC2)C1. The van der Waals surface area contributed by atoms with E-state index in [1.54, 1.807) is 0 Å². The molecule has 0 aromatic rings. The van der Waals surface area contributed by atoms with Crippen molar-refractivity contribution in [1.82, 2.24) is 10.6 Å². The van der Waals surface area contributed by atoms with Crippen molar-refractivity contribution in [3.05, 3.63) is 0 Å². The first-order chi connectivity index (χ1) is 8.63. The Bertz CT molecular complexity index is 264. The standard InChI is InChI=1S/C15H28N2O/c1-11-7-12(2)9-14(8-11)17-15(18)4-3-13-5-6-16-10-13/h11-14,16H,3-10H2,1-2H3,(H,17,18). The molecule has 104 valence electrons. The molecule has 0 aromatic heterocycles. The van der Waals surface area contributed by atoms with Crippen molar-refractivity contribution >= 4 is 5.91 Å². The largest absolute Gasteiger partial charge is 0.353 e. The molecular weight excluding hydrogens is 224 g/mol. The molecule has 18 heavy (non-hydrogen) atoms. The Hall–Kier alpha value is -0.570. The fourth-order valence-electron chi connectivity index (χ4n) is 3.66. The fourth-order valence-corrected chi connectivity index (χ4v) is 3.66. The number of carbonyl (C=O) groups excluding carboxylic acids is 1. The molecule has 3 heteroatoms. The van der Waals surface area contributed by atoms with Crippen molar-refractivity contribution in [2.45, 2.75) is 58.4 Å². The number of amides is 1. The molecule has 3 nitrogen and oxygen atoms in total. The second-order valence-corrected chi connectivity index (χ2v) is 6.58. The van der Waals surface area contributed by atoms with E-state index in [1.807, 2.05) is 0 Å². The van der Waals surface area contributed by atoms with E-state index >= 15 is 0 Å². The number of nitrogens with one attached hydrogen (secondary N) is 2. The van der Waals surface area contributed by atoms with Gasteiger partial charge in [0, 0.05) is 12.5 Å². The topological polar surface area (TPSA) is 41.1 Å². The normalized spacial score (nSPS) is 36.6. The van der Waals surface area contributed by atoms with E-state index in [-0.39, 0.29) is 5.91 Å². The van der Waals surface area contributed by atoms with Gasteiger partial charge in [-0.1, -0.05) is 13.8 Å². The van der Waals surface area contributed by atoms with Crippen molar-refractivity contribution < 1.29 is 4.79 Å². The van der Waals surface area contributed by atoms with Gasteiger partial charge in [0.05, 0.1) is 0 Å². The van der Waals surface area contributed by atoms with E-state index in [0.29, 0.717) is 12.5 Å². The summed E-state index contributed by atoms with van der Waals surface area (Å²) >= 11 is 0. The minimum atomic E-state index is 0.271. The first kappa shape index (κ1) is 13.9. The zero-order valence-electron chi connectivity index (χ0n) is 11.9. The van der Waals surface area contributed by atoms with Crippen LogP contribution in [0.3, 0.4) is 0 Å². The van der Waals surface area contributed by atoms with Gasteiger partial charge in [-0.2, -0.15) is 0 Å². The van der Waals surface area contributed by atoms with Crippen LogP contribution >= 0.6 is 0 Å². The summed E-state index contributed by atoms with van der Waals surface area (Å²) in [6.45, 7) is 6.84. The van der Waals surface area contributed by atoms with Gasteiger partial charge in [0.2, 0.25) is 5.91 Å². The van der Waals surface area contributed by atoms with Crippen LogP contribution in [0.1, 0.15) is 52.4 Å². The molecule has 1 aliphatic heterocycles. The zero-order valence-corrected chi connectivity index (χ0v) is 11.9. The summed E-state index contributed by atoms with van der Waals surface area (Å²) in [5.74, 6) is 2.52. The van der Waals surface area contributed by atoms with Gasteiger partial charge in [0.15, 0.2) is 0 Å². The van der Waals surface area contributed by atoms with E-state index < -0.39 is 0 Å². The first-order valence-electron chi connectivity index (χ1n) is 7.63. The highest BCUT2D eigenvalue weighted by Gasteiger charge is 2.25. The van der Waals surface area contributed by atoms with Crippen LogP contribution in [0.4, 0.5) is 0 Å². The van der Waals surface area contributed by atoms with Crippen molar-refractivity contribution in [2.75, 3.05) is 13.1 Å². The minimum Gasteiger partial charge on any atom is -0.353 e. The number of carbonyl (C=O) groups is 1. The lowest BCUT2D eigenvalue weighted by Gasteiger charge is -2.32. The van der Waals surface area contributed by atoms with Crippen LogP contribution in [0.2, 0.25) is 0 Å². The Morgan fingerprint density at radius 1 is 1.22 bits per heavy atom. The highest BCUT2D eigenvalue weighted by atomic mass is 16.1. The van der Waals surface area contributed by atoms with Gasteiger partial charge in [-0.25, -0.2) is 0 Å².